The van der Waals surface area contributed by atoms with Gasteiger partial charge in [0.25, 0.3) is 5.91 Å². The first-order valence-electron chi connectivity index (χ1n) is 10.2. The SMILES string of the molecule is CCCNC(=O)c1cccc(CN=C(NCC)NCc2ncc(C(C)(C)C)o2)c1. The smallest absolute Gasteiger partial charge is 0.251 e. The highest BCUT2D eigenvalue weighted by Gasteiger charge is 2.19. The second-order valence-electron chi connectivity index (χ2n) is 7.87. The Morgan fingerprint density at radius 1 is 1.17 bits per heavy atom. The molecule has 0 spiro atoms. The predicted molar refractivity (Wildman–Crippen MR) is 116 cm³/mol. The molecule has 0 aliphatic carbocycles. The minimum absolute atomic E-state index is 0.0544. The molecule has 1 amide bonds. The average Bonchev–Trinajstić information content (AvgIpc) is 3.18. The van der Waals surface area contributed by atoms with Crippen LogP contribution in [0.1, 0.15) is 68.6 Å². The molecule has 0 saturated carbocycles. The molecule has 158 valence electrons. The van der Waals surface area contributed by atoms with E-state index in [1.807, 2.05) is 38.1 Å². The van der Waals surface area contributed by atoms with E-state index in [1.165, 1.54) is 0 Å². The number of carbonyl (C=O) groups is 1. The van der Waals surface area contributed by atoms with Crippen LogP contribution < -0.4 is 16.0 Å². The molecule has 0 saturated heterocycles. The van der Waals surface area contributed by atoms with Crippen LogP contribution in [0.5, 0.6) is 0 Å². The van der Waals surface area contributed by atoms with Crippen molar-refractivity contribution in [3.05, 3.63) is 53.2 Å². The second kappa shape index (κ2) is 10.6. The van der Waals surface area contributed by atoms with Crippen molar-refractivity contribution in [3.8, 4) is 0 Å². The van der Waals surface area contributed by atoms with Crippen molar-refractivity contribution in [3.63, 3.8) is 0 Å². The summed E-state index contributed by atoms with van der Waals surface area (Å²) in [4.78, 5) is 21.1. The van der Waals surface area contributed by atoms with Gasteiger partial charge in [-0.15, -0.1) is 0 Å². The first-order valence-corrected chi connectivity index (χ1v) is 10.2. The third kappa shape index (κ3) is 7.25. The largest absolute Gasteiger partial charge is 0.443 e. The number of hydrogen-bond acceptors (Lipinski definition) is 4. The number of aromatic nitrogens is 1. The Balaban J connectivity index is 2.00. The van der Waals surface area contributed by atoms with Gasteiger partial charge in [-0.05, 0) is 31.0 Å². The Bertz CT molecular complexity index is 821. The minimum Gasteiger partial charge on any atom is -0.443 e. The summed E-state index contributed by atoms with van der Waals surface area (Å²) in [6.07, 6.45) is 2.69. The number of aliphatic imine (C=N–C) groups is 1. The van der Waals surface area contributed by atoms with Gasteiger partial charge in [0, 0.05) is 24.1 Å². The van der Waals surface area contributed by atoms with E-state index in [4.69, 9.17) is 4.42 Å². The fourth-order valence-electron chi connectivity index (χ4n) is 2.56. The molecule has 0 radical (unpaired) electrons. The number of nitrogens with one attached hydrogen (secondary N) is 3. The summed E-state index contributed by atoms with van der Waals surface area (Å²) in [5, 5.41) is 9.35. The Morgan fingerprint density at radius 3 is 2.62 bits per heavy atom. The van der Waals surface area contributed by atoms with Crippen molar-refractivity contribution in [1.29, 1.82) is 0 Å². The number of amides is 1. The number of guanidine groups is 1. The summed E-state index contributed by atoms with van der Waals surface area (Å²) in [6.45, 7) is 12.6. The summed E-state index contributed by atoms with van der Waals surface area (Å²) < 4.78 is 5.81. The van der Waals surface area contributed by atoms with Gasteiger partial charge in [0.2, 0.25) is 5.89 Å². The number of nitrogens with zero attached hydrogens (tertiary/aromatic N) is 2. The highest BCUT2D eigenvalue weighted by atomic mass is 16.4. The lowest BCUT2D eigenvalue weighted by molar-refractivity contribution is 0.0953. The molecular weight excluding hydrogens is 366 g/mol. The van der Waals surface area contributed by atoms with Gasteiger partial charge >= 0.3 is 0 Å². The van der Waals surface area contributed by atoms with E-state index in [2.05, 4.69) is 46.7 Å². The molecule has 0 fully saturated rings. The van der Waals surface area contributed by atoms with Crippen molar-refractivity contribution in [2.24, 2.45) is 4.99 Å². The van der Waals surface area contributed by atoms with Crippen LogP contribution >= 0.6 is 0 Å². The molecule has 2 rings (SSSR count). The van der Waals surface area contributed by atoms with E-state index in [0.29, 0.717) is 37.0 Å². The van der Waals surface area contributed by atoms with E-state index in [1.54, 1.807) is 6.20 Å². The predicted octanol–water partition coefficient (Wildman–Crippen LogP) is 3.37. The molecule has 1 aromatic heterocycles. The van der Waals surface area contributed by atoms with Gasteiger partial charge < -0.3 is 20.4 Å². The van der Waals surface area contributed by atoms with E-state index in [0.717, 1.165) is 24.3 Å². The fourth-order valence-corrected chi connectivity index (χ4v) is 2.56. The quantitative estimate of drug-likeness (QED) is 0.468. The van der Waals surface area contributed by atoms with E-state index < -0.39 is 0 Å². The molecule has 0 aliphatic rings. The van der Waals surface area contributed by atoms with Gasteiger partial charge in [-0.25, -0.2) is 9.98 Å². The lowest BCUT2D eigenvalue weighted by Gasteiger charge is -2.13. The number of carbonyl (C=O) groups excluding carboxylic acids is 1. The number of hydrogen-bond donors (Lipinski definition) is 3. The van der Waals surface area contributed by atoms with Gasteiger partial charge in [0.05, 0.1) is 19.3 Å². The Hall–Kier alpha value is -2.83. The van der Waals surface area contributed by atoms with Crippen LogP contribution in [0.15, 0.2) is 39.9 Å². The van der Waals surface area contributed by atoms with Crippen LogP contribution in [0.25, 0.3) is 0 Å². The van der Waals surface area contributed by atoms with Crippen molar-refractivity contribution in [2.45, 2.75) is 59.5 Å². The third-order valence-electron chi connectivity index (χ3n) is 4.19. The maximum absolute atomic E-state index is 12.1. The molecule has 1 aromatic carbocycles. The van der Waals surface area contributed by atoms with Gasteiger partial charge in [0.1, 0.15) is 5.76 Å². The fraction of sp³-hybridized carbons (Fsp3) is 0.500. The first kappa shape index (κ1) is 22.5. The van der Waals surface area contributed by atoms with Gasteiger partial charge in [-0.3, -0.25) is 4.79 Å². The number of oxazole rings is 1. The van der Waals surface area contributed by atoms with E-state index >= 15 is 0 Å². The van der Waals surface area contributed by atoms with Crippen LogP contribution in [0, 0.1) is 0 Å². The third-order valence-corrected chi connectivity index (χ3v) is 4.19. The molecule has 0 atom stereocenters. The minimum atomic E-state index is -0.0712. The van der Waals surface area contributed by atoms with Crippen LogP contribution in [0.2, 0.25) is 0 Å². The first-order chi connectivity index (χ1) is 13.8. The molecule has 7 heteroatoms. The molecular formula is C22H33N5O2. The molecule has 1 heterocycles. The lowest BCUT2D eigenvalue weighted by Crippen LogP contribution is -2.36. The monoisotopic (exact) mass is 399 g/mol. The van der Waals surface area contributed by atoms with Gasteiger partial charge in [-0.1, -0.05) is 39.8 Å². The van der Waals surface area contributed by atoms with Crippen LogP contribution in [-0.2, 0) is 18.5 Å². The molecule has 0 unspecified atom stereocenters. The summed E-state index contributed by atoms with van der Waals surface area (Å²) in [5.41, 5.74) is 1.55. The zero-order valence-electron chi connectivity index (χ0n) is 18.1. The molecule has 3 N–H and O–H groups in total. The molecule has 0 bridgehead atoms. The number of benzene rings is 1. The molecule has 0 aliphatic heterocycles. The Morgan fingerprint density at radius 2 is 1.97 bits per heavy atom. The van der Waals surface area contributed by atoms with Crippen LogP contribution in [0.3, 0.4) is 0 Å². The van der Waals surface area contributed by atoms with Crippen molar-refractivity contribution >= 4 is 11.9 Å². The van der Waals surface area contributed by atoms with Gasteiger partial charge in [-0.2, -0.15) is 0 Å². The van der Waals surface area contributed by atoms with Gasteiger partial charge in [0.15, 0.2) is 5.96 Å². The zero-order chi connectivity index (χ0) is 21.3. The zero-order valence-corrected chi connectivity index (χ0v) is 18.1. The average molecular weight is 400 g/mol. The standard InChI is InChI=1S/C22H33N5O2/c1-6-11-24-20(28)17-10-8-9-16(12-17)13-26-21(23-7-2)27-15-19-25-14-18(29-19)22(3,4)5/h8-10,12,14H,6-7,11,13,15H2,1-5H3,(H,24,28)(H2,23,26,27). The topological polar surface area (TPSA) is 91.5 Å². The second-order valence-corrected chi connectivity index (χ2v) is 7.87. The van der Waals surface area contributed by atoms with Crippen LogP contribution in [0.4, 0.5) is 0 Å². The van der Waals surface area contributed by atoms with Crippen LogP contribution in [-0.4, -0.2) is 29.9 Å². The van der Waals surface area contributed by atoms with Crippen molar-refractivity contribution in [1.82, 2.24) is 20.9 Å². The van der Waals surface area contributed by atoms with E-state index in [-0.39, 0.29) is 11.3 Å². The number of rotatable bonds is 8. The summed E-state index contributed by atoms with van der Waals surface area (Å²) in [6, 6.07) is 7.54. The summed E-state index contributed by atoms with van der Waals surface area (Å²) >= 11 is 0. The van der Waals surface area contributed by atoms with E-state index in [9.17, 15) is 4.79 Å². The molecule has 29 heavy (non-hydrogen) atoms. The summed E-state index contributed by atoms with van der Waals surface area (Å²) in [5.74, 6) is 2.09. The van der Waals surface area contributed by atoms with Crippen molar-refractivity contribution in [2.75, 3.05) is 13.1 Å². The highest BCUT2D eigenvalue weighted by Crippen LogP contribution is 2.22. The molecule has 7 nitrogen and oxygen atoms in total. The lowest BCUT2D eigenvalue weighted by atomic mass is 9.94. The Kier molecular flexibility index (Phi) is 8.24. The maximum atomic E-state index is 12.1. The maximum Gasteiger partial charge on any atom is 0.251 e. The molecule has 2 aromatic rings. The normalized spacial score (nSPS) is 12.0. The highest BCUT2D eigenvalue weighted by molar-refractivity contribution is 5.94. The van der Waals surface area contributed by atoms with Crippen molar-refractivity contribution < 1.29 is 9.21 Å². The Labute approximate surface area is 173 Å². The summed E-state index contributed by atoms with van der Waals surface area (Å²) in [7, 11) is 0.